The van der Waals surface area contributed by atoms with E-state index < -0.39 is 0 Å². The average Bonchev–Trinajstić information content (AvgIpc) is 2.45. The second-order valence-electron chi connectivity index (χ2n) is 4.55. The molecule has 20 heavy (non-hydrogen) atoms. The normalized spacial score (nSPS) is 12.4. The van der Waals surface area contributed by atoms with Gasteiger partial charge in [-0.15, -0.1) is 0 Å². The Bertz CT molecular complexity index is 588. The van der Waals surface area contributed by atoms with Crippen LogP contribution >= 0.6 is 38.5 Å². The van der Waals surface area contributed by atoms with Gasteiger partial charge in [0.25, 0.3) is 0 Å². The van der Waals surface area contributed by atoms with Crippen LogP contribution in [0.1, 0.15) is 30.5 Å². The van der Waals surface area contributed by atoms with Crippen LogP contribution < -0.4 is 5.32 Å². The molecule has 4 heteroatoms. The first-order valence-electron chi connectivity index (χ1n) is 6.56. The SMILES string of the molecule is CCCNC(c1ccccc1I)c1cccc(Br)c1F. The van der Waals surface area contributed by atoms with Gasteiger partial charge in [-0.25, -0.2) is 4.39 Å². The summed E-state index contributed by atoms with van der Waals surface area (Å²) in [4.78, 5) is 0. The number of rotatable bonds is 5. The van der Waals surface area contributed by atoms with E-state index in [0.29, 0.717) is 10.0 Å². The van der Waals surface area contributed by atoms with Gasteiger partial charge in [-0.05, 0) is 69.2 Å². The van der Waals surface area contributed by atoms with E-state index in [1.165, 1.54) is 0 Å². The second kappa shape index (κ2) is 7.52. The van der Waals surface area contributed by atoms with Crippen molar-refractivity contribution < 1.29 is 4.39 Å². The zero-order valence-corrected chi connectivity index (χ0v) is 14.9. The van der Waals surface area contributed by atoms with E-state index in [9.17, 15) is 4.39 Å². The van der Waals surface area contributed by atoms with Gasteiger partial charge in [0, 0.05) is 9.13 Å². The molecule has 0 amide bonds. The van der Waals surface area contributed by atoms with Gasteiger partial charge in [0.2, 0.25) is 0 Å². The van der Waals surface area contributed by atoms with E-state index in [0.717, 1.165) is 22.1 Å². The topological polar surface area (TPSA) is 12.0 Å². The lowest BCUT2D eigenvalue weighted by Crippen LogP contribution is -2.25. The summed E-state index contributed by atoms with van der Waals surface area (Å²) in [5, 5.41) is 3.45. The molecule has 0 aliphatic heterocycles. The number of nitrogens with one attached hydrogen (secondary N) is 1. The summed E-state index contributed by atoms with van der Waals surface area (Å²) >= 11 is 5.57. The smallest absolute Gasteiger partial charge is 0.142 e. The van der Waals surface area contributed by atoms with Gasteiger partial charge < -0.3 is 5.32 Å². The van der Waals surface area contributed by atoms with E-state index in [-0.39, 0.29) is 11.9 Å². The molecule has 0 fully saturated rings. The van der Waals surface area contributed by atoms with Gasteiger partial charge in [-0.3, -0.25) is 0 Å². The fourth-order valence-electron chi connectivity index (χ4n) is 2.13. The molecule has 1 unspecified atom stereocenters. The van der Waals surface area contributed by atoms with Gasteiger partial charge in [0.05, 0.1) is 10.5 Å². The van der Waals surface area contributed by atoms with Crippen molar-refractivity contribution in [2.45, 2.75) is 19.4 Å². The number of hydrogen-bond acceptors (Lipinski definition) is 1. The Hall–Kier alpha value is -0.460. The van der Waals surface area contributed by atoms with Crippen LogP contribution in [-0.2, 0) is 0 Å². The minimum atomic E-state index is -0.194. The average molecular weight is 448 g/mol. The highest BCUT2D eigenvalue weighted by Gasteiger charge is 2.20. The van der Waals surface area contributed by atoms with Gasteiger partial charge >= 0.3 is 0 Å². The van der Waals surface area contributed by atoms with Crippen molar-refractivity contribution in [3.8, 4) is 0 Å². The Morgan fingerprint density at radius 2 is 1.85 bits per heavy atom. The summed E-state index contributed by atoms with van der Waals surface area (Å²) < 4.78 is 16.0. The summed E-state index contributed by atoms with van der Waals surface area (Å²) in [5.74, 6) is -0.194. The quantitative estimate of drug-likeness (QED) is 0.614. The van der Waals surface area contributed by atoms with Crippen molar-refractivity contribution in [2.75, 3.05) is 6.54 Å². The minimum Gasteiger partial charge on any atom is -0.306 e. The molecule has 0 radical (unpaired) electrons. The molecule has 0 aliphatic carbocycles. The van der Waals surface area contributed by atoms with Gasteiger partial charge in [0.15, 0.2) is 0 Å². The lowest BCUT2D eigenvalue weighted by atomic mass is 9.98. The van der Waals surface area contributed by atoms with E-state index >= 15 is 0 Å². The maximum absolute atomic E-state index is 14.4. The van der Waals surface area contributed by atoms with Crippen LogP contribution in [0.15, 0.2) is 46.9 Å². The summed E-state index contributed by atoms with van der Waals surface area (Å²) in [7, 11) is 0. The lowest BCUT2D eigenvalue weighted by molar-refractivity contribution is 0.542. The molecule has 1 N–H and O–H groups in total. The molecule has 2 rings (SSSR count). The predicted octanol–water partition coefficient (Wildman–Crippen LogP) is 5.28. The van der Waals surface area contributed by atoms with E-state index in [1.54, 1.807) is 6.07 Å². The highest BCUT2D eigenvalue weighted by molar-refractivity contribution is 14.1. The summed E-state index contributed by atoms with van der Waals surface area (Å²) in [5.41, 5.74) is 1.79. The Labute approximate surface area is 141 Å². The standard InChI is InChI=1S/C16H16BrFIN/c1-2-10-20-16(11-6-3-4-9-14(11)19)12-7-5-8-13(17)15(12)18/h3-9,16,20H,2,10H2,1H3. The fraction of sp³-hybridized carbons (Fsp3) is 0.250. The molecule has 0 saturated heterocycles. The number of halogens is 3. The largest absolute Gasteiger partial charge is 0.306 e. The van der Waals surface area contributed by atoms with Crippen LogP contribution in [0.3, 0.4) is 0 Å². The second-order valence-corrected chi connectivity index (χ2v) is 6.57. The van der Waals surface area contributed by atoms with E-state index in [1.807, 2.05) is 30.3 Å². The van der Waals surface area contributed by atoms with Gasteiger partial charge in [-0.1, -0.05) is 37.3 Å². The maximum atomic E-state index is 14.4. The monoisotopic (exact) mass is 447 g/mol. The maximum Gasteiger partial charge on any atom is 0.142 e. The Kier molecular flexibility index (Phi) is 5.99. The van der Waals surface area contributed by atoms with Gasteiger partial charge in [0.1, 0.15) is 5.82 Å². The summed E-state index contributed by atoms with van der Waals surface area (Å²) in [6.45, 7) is 2.96. The van der Waals surface area contributed by atoms with Crippen molar-refractivity contribution in [1.82, 2.24) is 5.32 Å². The minimum absolute atomic E-state index is 0.124. The van der Waals surface area contributed by atoms with Crippen LogP contribution in [-0.4, -0.2) is 6.54 Å². The van der Waals surface area contributed by atoms with Gasteiger partial charge in [-0.2, -0.15) is 0 Å². The van der Waals surface area contributed by atoms with E-state index in [2.05, 4.69) is 56.8 Å². The molecule has 0 aromatic heterocycles. The predicted molar refractivity (Wildman–Crippen MR) is 93.4 cm³/mol. The molecular weight excluding hydrogens is 432 g/mol. The first-order chi connectivity index (χ1) is 9.65. The molecule has 0 bridgehead atoms. The zero-order chi connectivity index (χ0) is 14.5. The first kappa shape index (κ1) is 15.9. The molecule has 0 heterocycles. The number of hydrogen-bond donors (Lipinski definition) is 1. The lowest BCUT2D eigenvalue weighted by Gasteiger charge is -2.21. The third-order valence-corrected chi connectivity index (χ3v) is 4.70. The van der Waals surface area contributed by atoms with Crippen LogP contribution in [0.5, 0.6) is 0 Å². The third-order valence-electron chi connectivity index (χ3n) is 3.11. The van der Waals surface area contributed by atoms with Crippen molar-refractivity contribution in [1.29, 1.82) is 0 Å². The molecule has 0 saturated carbocycles. The first-order valence-corrected chi connectivity index (χ1v) is 8.44. The molecule has 2 aromatic carbocycles. The molecule has 106 valence electrons. The Morgan fingerprint density at radius 3 is 2.55 bits per heavy atom. The molecule has 2 aromatic rings. The van der Waals surface area contributed by atoms with Crippen LogP contribution in [0.2, 0.25) is 0 Å². The number of benzene rings is 2. The fourth-order valence-corrected chi connectivity index (χ4v) is 3.21. The molecule has 1 atom stereocenters. The highest BCUT2D eigenvalue weighted by atomic mass is 127. The molecule has 1 nitrogen and oxygen atoms in total. The summed E-state index contributed by atoms with van der Waals surface area (Å²) in [6.07, 6.45) is 1.01. The molecular formula is C16H16BrFIN. The van der Waals surface area contributed by atoms with E-state index in [4.69, 9.17) is 0 Å². The third kappa shape index (κ3) is 3.59. The Morgan fingerprint density at radius 1 is 1.15 bits per heavy atom. The molecule has 0 spiro atoms. The van der Waals surface area contributed by atoms with Crippen molar-refractivity contribution >= 4 is 38.5 Å². The van der Waals surface area contributed by atoms with Crippen molar-refractivity contribution in [3.63, 3.8) is 0 Å². The Balaban J connectivity index is 2.47. The van der Waals surface area contributed by atoms with Crippen LogP contribution in [0.4, 0.5) is 4.39 Å². The zero-order valence-electron chi connectivity index (χ0n) is 11.2. The van der Waals surface area contributed by atoms with Crippen molar-refractivity contribution in [2.24, 2.45) is 0 Å². The van der Waals surface area contributed by atoms with Crippen molar-refractivity contribution in [3.05, 3.63) is 67.5 Å². The van der Waals surface area contributed by atoms with Crippen LogP contribution in [0, 0.1) is 9.39 Å². The summed E-state index contributed by atoms with van der Waals surface area (Å²) in [6, 6.07) is 13.4. The highest BCUT2D eigenvalue weighted by Crippen LogP contribution is 2.30. The molecule has 0 aliphatic rings. The van der Waals surface area contributed by atoms with Crippen LogP contribution in [0.25, 0.3) is 0 Å².